The van der Waals surface area contributed by atoms with E-state index in [-0.39, 0.29) is 6.10 Å². The van der Waals surface area contributed by atoms with Crippen LogP contribution in [0.1, 0.15) is 32.4 Å². The van der Waals surface area contributed by atoms with E-state index >= 15 is 0 Å². The van der Waals surface area contributed by atoms with Crippen LogP contribution >= 0.6 is 11.8 Å². The third-order valence-corrected chi connectivity index (χ3v) is 3.46. The number of hydrogen-bond donors (Lipinski definition) is 1. The van der Waals surface area contributed by atoms with E-state index in [0.717, 1.165) is 11.3 Å². The highest BCUT2D eigenvalue weighted by molar-refractivity contribution is 7.99. The summed E-state index contributed by atoms with van der Waals surface area (Å²) in [6.07, 6.45) is -0.370. The summed E-state index contributed by atoms with van der Waals surface area (Å²) in [5.74, 6) is 1.78. The normalized spacial score (nSPS) is 13.2. The van der Waals surface area contributed by atoms with Gasteiger partial charge in [-0.25, -0.2) is 0 Å². The van der Waals surface area contributed by atoms with E-state index < -0.39 is 0 Å². The maximum atomic E-state index is 9.56. The molecule has 1 aromatic carbocycles. The average Bonchev–Trinajstić information content (AvgIpc) is 2.15. The SMILES string of the molecule is CC(C)CSc1ccccc1[C@H](C)O. The summed E-state index contributed by atoms with van der Waals surface area (Å²) in [5.41, 5.74) is 1.04. The van der Waals surface area contributed by atoms with Gasteiger partial charge in [0.25, 0.3) is 0 Å². The Balaban J connectivity index is 2.74. The lowest BCUT2D eigenvalue weighted by molar-refractivity contribution is 0.196. The molecule has 0 aliphatic rings. The number of thioether (sulfide) groups is 1. The molecule has 14 heavy (non-hydrogen) atoms. The molecular formula is C12H18OS. The molecule has 0 aliphatic heterocycles. The Morgan fingerprint density at radius 2 is 1.86 bits per heavy atom. The Kier molecular flexibility index (Phi) is 4.49. The Morgan fingerprint density at radius 1 is 1.21 bits per heavy atom. The van der Waals surface area contributed by atoms with E-state index in [0.29, 0.717) is 5.92 Å². The number of rotatable bonds is 4. The number of benzene rings is 1. The molecule has 0 spiro atoms. The predicted octanol–water partition coefficient (Wildman–Crippen LogP) is 3.49. The lowest BCUT2D eigenvalue weighted by Gasteiger charge is -2.12. The fraction of sp³-hybridized carbons (Fsp3) is 0.500. The maximum Gasteiger partial charge on any atom is 0.0772 e. The van der Waals surface area contributed by atoms with Crippen LogP contribution < -0.4 is 0 Å². The van der Waals surface area contributed by atoms with Gasteiger partial charge in [0.2, 0.25) is 0 Å². The monoisotopic (exact) mass is 210 g/mol. The molecule has 2 heteroatoms. The lowest BCUT2D eigenvalue weighted by atomic mass is 10.1. The minimum absolute atomic E-state index is 0.370. The summed E-state index contributed by atoms with van der Waals surface area (Å²) in [6.45, 7) is 6.23. The Bertz CT molecular complexity index is 281. The summed E-state index contributed by atoms with van der Waals surface area (Å²) in [7, 11) is 0. The molecule has 0 aliphatic carbocycles. The van der Waals surface area contributed by atoms with Crippen molar-refractivity contribution in [2.24, 2.45) is 5.92 Å². The largest absolute Gasteiger partial charge is 0.389 e. The van der Waals surface area contributed by atoms with Crippen LogP contribution in [0.15, 0.2) is 29.2 Å². The van der Waals surface area contributed by atoms with Gasteiger partial charge < -0.3 is 5.11 Å². The quantitative estimate of drug-likeness (QED) is 0.768. The zero-order valence-corrected chi connectivity index (χ0v) is 9.84. The van der Waals surface area contributed by atoms with E-state index in [1.54, 1.807) is 0 Å². The molecule has 1 atom stereocenters. The van der Waals surface area contributed by atoms with E-state index in [4.69, 9.17) is 0 Å². The van der Waals surface area contributed by atoms with Crippen LogP contribution in [0, 0.1) is 5.92 Å². The van der Waals surface area contributed by atoms with Crippen molar-refractivity contribution in [1.29, 1.82) is 0 Å². The molecule has 1 aromatic rings. The molecule has 0 saturated carbocycles. The first-order valence-corrected chi connectivity index (χ1v) is 5.99. The van der Waals surface area contributed by atoms with Gasteiger partial charge in [0, 0.05) is 10.6 Å². The molecule has 0 aromatic heterocycles. The molecule has 0 saturated heterocycles. The fourth-order valence-electron chi connectivity index (χ4n) is 1.21. The van der Waals surface area contributed by atoms with Crippen molar-refractivity contribution in [3.8, 4) is 0 Å². The van der Waals surface area contributed by atoms with Gasteiger partial charge in [0.1, 0.15) is 0 Å². The van der Waals surface area contributed by atoms with Crippen LogP contribution in [0.2, 0.25) is 0 Å². The topological polar surface area (TPSA) is 20.2 Å². The van der Waals surface area contributed by atoms with Crippen molar-refractivity contribution >= 4 is 11.8 Å². The van der Waals surface area contributed by atoms with Crippen LogP contribution in [0.4, 0.5) is 0 Å². The van der Waals surface area contributed by atoms with Gasteiger partial charge >= 0.3 is 0 Å². The molecule has 1 nitrogen and oxygen atoms in total. The van der Waals surface area contributed by atoms with Gasteiger partial charge in [-0.15, -0.1) is 11.8 Å². The zero-order chi connectivity index (χ0) is 10.6. The molecule has 78 valence electrons. The van der Waals surface area contributed by atoms with E-state index in [1.807, 2.05) is 36.9 Å². The predicted molar refractivity (Wildman–Crippen MR) is 62.6 cm³/mol. The molecule has 0 bridgehead atoms. The highest BCUT2D eigenvalue weighted by Crippen LogP contribution is 2.28. The Morgan fingerprint density at radius 3 is 2.43 bits per heavy atom. The van der Waals surface area contributed by atoms with Crippen LogP contribution in [0.25, 0.3) is 0 Å². The summed E-state index contributed by atoms with van der Waals surface area (Å²) in [5, 5.41) is 9.56. The highest BCUT2D eigenvalue weighted by atomic mass is 32.2. The van der Waals surface area contributed by atoms with Crippen molar-refractivity contribution in [2.75, 3.05) is 5.75 Å². The van der Waals surface area contributed by atoms with Gasteiger partial charge in [0.15, 0.2) is 0 Å². The van der Waals surface area contributed by atoms with Gasteiger partial charge in [-0.05, 0) is 24.5 Å². The smallest absolute Gasteiger partial charge is 0.0772 e. The maximum absolute atomic E-state index is 9.56. The third-order valence-electron chi connectivity index (χ3n) is 1.94. The van der Waals surface area contributed by atoms with Gasteiger partial charge in [-0.1, -0.05) is 32.0 Å². The average molecular weight is 210 g/mol. The molecule has 1 rings (SSSR count). The third kappa shape index (κ3) is 3.35. The summed E-state index contributed by atoms with van der Waals surface area (Å²) < 4.78 is 0. The van der Waals surface area contributed by atoms with Crippen LogP contribution in [0.3, 0.4) is 0 Å². The fourth-order valence-corrected chi connectivity index (χ4v) is 2.31. The summed E-state index contributed by atoms with van der Waals surface area (Å²) in [6, 6.07) is 8.07. The minimum Gasteiger partial charge on any atom is -0.389 e. The number of aliphatic hydroxyl groups is 1. The van der Waals surface area contributed by atoms with Crippen molar-refractivity contribution < 1.29 is 5.11 Å². The second kappa shape index (κ2) is 5.42. The first kappa shape index (κ1) is 11.6. The van der Waals surface area contributed by atoms with Gasteiger partial charge in [-0.3, -0.25) is 0 Å². The van der Waals surface area contributed by atoms with E-state index in [1.165, 1.54) is 4.90 Å². The molecule has 0 unspecified atom stereocenters. The molecule has 0 fully saturated rings. The highest BCUT2D eigenvalue weighted by Gasteiger charge is 2.07. The first-order valence-electron chi connectivity index (χ1n) is 5.01. The Hall–Kier alpha value is -0.470. The second-order valence-corrected chi connectivity index (χ2v) is 4.98. The molecular weight excluding hydrogens is 192 g/mol. The van der Waals surface area contributed by atoms with E-state index in [2.05, 4.69) is 19.9 Å². The van der Waals surface area contributed by atoms with Crippen molar-refractivity contribution in [3.05, 3.63) is 29.8 Å². The van der Waals surface area contributed by atoms with Crippen molar-refractivity contribution in [2.45, 2.75) is 31.8 Å². The van der Waals surface area contributed by atoms with Crippen molar-refractivity contribution in [3.63, 3.8) is 0 Å². The molecule has 0 amide bonds. The van der Waals surface area contributed by atoms with Crippen LogP contribution in [0.5, 0.6) is 0 Å². The Labute approximate surface area is 90.5 Å². The lowest BCUT2D eigenvalue weighted by Crippen LogP contribution is -1.96. The molecule has 0 heterocycles. The zero-order valence-electron chi connectivity index (χ0n) is 9.03. The molecule has 0 radical (unpaired) electrons. The summed E-state index contributed by atoms with van der Waals surface area (Å²) in [4.78, 5) is 1.20. The van der Waals surface area contributed by atoms with Crippen LogP contribution in [-0.4, -0.2) is 10.9 Å². The van der Waals surface area contributed by atoms with Gasteiger partial charge in [-0.2, -0.15) is 0 Å². The first-order chi connectivity index (χ1) is 6.61. The second-order valence-electron chi connectivity index (χ2n) is 3.92. The molecule has 1 N–H and O–H groups in total. The minimum atomic E-state index is -0.370. The van der Waals surface area contributed by atoms with Crippen molar-refractivity contribution in [1.82, 2.24) is 0 Å². The standard InChI is InChI=1S/C12H18OS/c1-9(2)8-14-12-7-5-4-6-11(12)10(3)13/h4-7,9-10,13H,8H2,1-3H3/t10-/m0/s1. The summed E-state index contributed by atoms with van der Waals surface area (Å²) >= 11 is 1.82. The number of aliphatic hydroxyl groups excluding tert-OH is 1. The van der Waals surface area contributed by atoms with E-state index in [9.17, 15) is 5.11 Å². The van der Waals surface area contributed by atoms with Gasteiger partial charge in [0.05, 0.1) is 6.10 Å². The number of hydrogen-bond acceptors (Lipinski definition) is 2. The van der Waals surface area contributed by atoms with Crippen LogP contribution in [-0.2, 0) is 0 Å².